The van der Waals surface area contributed by atoms with Crippen LogP contribution < -0.4 is 9.62 Å². The summed E-state index contributed by atoms with van der Waals surface area (Å²) in [5.74, 6) is -1.98. The van der Waals surface area contributed by atoms with E-state index in [0.29, 0.717) is 10.7 Å². The number of pyridine rings is 1. The number of hydrogen-bond acceptors (Lipinski definition) is 8. The molecular formula is C40H34ClF10N7O4S2. The van der Waals surface area contributed by atoms with Crippen molar-refractivity contribution >= 4 is 63.1 Å². The molecule has 1 aliphatic carbocycles. The molecule has 2 amide bonds. The molecule has 0 saturated heterocycles. The molecule has 2 atom stereocenters. The first-order valence-corrected chi connectivity index (χ1v) is 21.7. The number of benzene rings is 2. The van der Waals surface area contributed by atoms with Crippen LogP contribution in [0.25, 0.3) is 22.0 Å². The van der Waals surface area contributed by atoms with Crippen molar-refractivity contribution in [2.45, 2.75) is 75.3 Å². The smallest absolute Gasteiger partial charge is 0.435 e. The van der Waals surface area contributed by atoms with Crippen molar-refractivity contribution in [3.05, 3.63) is 93.0 Å². The lowest BCUT2D eigenvalue weighted by molar-refractivity contribution is -0.142. The summed E-state index contributed by atoms with van der Waals surface area (Å²) in [6.45, 7) is 0.154. The van der Waals surface area contributed by atoms with Crippen molar-refractivity contribution < 1.29 is 62.4 Å². The van der Waals surface area contributed by atoms with Gasteiger partial charge in [-0.05, 0) is 80.5 Å². The summed E-state index contributed by atoms with van der Waals surface area (Å²) in [5.41, 5.74) is -4.58. The molecular weight excluding hydrogens is 932 g/mol. The molecule has 2 unspecified atom stereocenters. The number of anilines is 1. The number of carbonyl (C=O) groups excluding carboxylic acids is 2. The number of halogens is 11. The molecule has 0 bridgehead atoms. The van der Waals surface area contributed by atoms with Crippen LogP contribution in [0.1, 0.15) is 60.2 Å². The average Bonchev–Trinajstić information content (AvgIpc) is 3.84. The number of nitrogens with one attached hydrogen (secondary N) is 1. The van der Waals surface area contributed by atoms with Gasteiger partial charge in [0.2, 0.25) is 5.91 Å². The second-order valence-electron chi connectivity index (χ2n) is 14.8. The maximum atomic E-state index is 15.1. The Labute approximate surface area is 369 Å². The largest absolute Gasteiger partial charge is 0.452 e. The molecule has 6 rings (SSSR count). The van der Waals surface area contributed by atoms with Gasteiger partial charge in [0.25, 0.3) is 5.92 Å². The topological polar surface area (TPSA) is 124 Å². The van der Waals surface area contributed by atoms with E-state index in [2.05, 4.69) is 32.3 Å². The summed E-state index contributed by atoms with van der Waals surface area (Å²) in [4.78, 5) is 31.4. The predicted octanol–water partition coefficient (Wildman–Crippen LogP) is 9.31. The summed E-state index contributed by atoms with van der Waals surface area (Å²) in [7, 11) is -0.494. The average molecular weight is 966 g/mol. The van der Waals surface area contributed by atoms with Gasteiger partial charge in [0.05, 0.1) is 34.8 Å². The summed E-state index contributed by atoms with van der Waals surface area (Å²) in [5, 5.41) is 9.57. The summed E-state index contributed by atoms with van der Waals surface area (Å²) in [6, 6.07) is 5.88. The van der Waals surface area contributed by atoms with Gasteiger partial charge in [-0.3, -0.25) is 18.4 Å². The molecule has 11 nitrogen and oxygen atoms in total. The molecule has 3 aromatic heterocycles. The van der Waals surface area contributed by atoms with Gasteiger partial charge >= 0.3 is 18.4 Å². The summed E-state index contributed by atoms with van der Waals surface area (Å²) in [6.07, 6.45) is -10.6. The molecule has 64 heavy (non-hydrogen) atoms. The lowest BCUT2D eigenvalue weighted by Crippen LogP contribution is -2.35. The molecule has 1 N–H and O–H groups in total. The summed E-state index contributed by atoms with van der Waals surface area (Å²) >= 11 is 7.34. The predicted molar refractivity (Wildman–Crippen MR) is 218 cm³/mol. The van der Waals surface area contributed by atoms with E-state index in [1.54, 1.807) is 13.8 Å². The van der Waals surface area contributed by atoms with E-state index >= 15 is 8.78 Å². The van der Waals surface area contributed by atoms with E-state index in [1.807, 2.05) is 0 Å². The summed E-state index contributed by atoms with van der Waals surface area (Å²) < 4.78 is 162. The Bertz CT molecular complexity index is 2730. The van der Waals surface area contributed by atoms with Crippen LogP contribution in [0.3, 0.4) is 0 Å². The van der Waals surface area contributed by atoms with Gasteiger partial charge in [-0.2, -0.15) is 49.6 Å². The normalized spacial score (nSPS) is 14.8. The van der Waals surface area contributed by atoms with Crippen molar-refractivity contribution in [3.63, 3.8) is 0 Å². The highest BCUT2D eigenvalue weighted by molar-refractivity contribution is 8.00. The lowest BCUT2D eigenvalue weighted by atomic mass is 9.93. The zero-order valence-corrected chi connectivity index (χ0v) is 36.3. The quantitative estimate of drug-likeness (QED) is 0.0790. The number of fused-ring (bicyclic) bond motifs is 2. The van der Waals surface area contributed by atoms with Crippen molar-refractivity contribution in [2.75, 3.05) is 23.9 Å². The number of ether oxygens (including phenoxy) is 1. The maximum Gasteiger partial charge on any atom is 0.435 e. The van der Waals surface area contributed by atoms with Crippen LogP contribution in [0.2, 0.25) is 5.02 Å². The molecule has 0 spiro atoms. The Morgan fingerprint density at radius 1 is 1.03 bits per heavy atom. The highest BCUT2D eigenvalue weighted by atomic mass is 35.5. The molecule has 0 fully saturated rings. The van der Waals surface area contributed by atoms with Crippen LogP contribution in [0.15, 0.2) is 42.5 Å². The molecule has 0 aliphatic heterocycles. The van der Waals surface area contributed by atoms with E-state index in [4.69, 9.17) is 16.3 Å². The number of rotatable bonds is 11. The molecule has 2 aromatic carbocycles. The fourth-order valence-corrected chi connectivity index (χ4v) is 7.96. The first kappa shape index (κ1) is 48.1. The van der Waals surface area contributed by atoms with Crippen molar-refractivity contribution in [1.82, 2.24) is 29.9 Å². The number of methoxy groups -OCH3 is 1. The SMILES string of the molecule is COC(=O)N(SC)c1nn(CC(F)(F)F)c2c(-c3ccc(C#CC(C)(C)S(C)=O)nc3C(Cc3cc(F)cc(F)c3)NC(=O)Cn3nc(C(F)(F)F)c4c3C(F)(F)CC4)ccc(Cl)c12. The third-order valence-electron chi connectivity index (χ3n) is 9.97. The number of carbonyl (C=O) groups is 2. The van der Waals surface area contributed by atoms with Crippen molar-refractivity contribution in [3.8, 4) is 23.0 Å². The number of aromatic nitrogens is 5. The van der Waals surface area contributed by atoms with Gasteiger partial charge in [-0.1, -0.05) is 23.6 Å². The molecule has 342 valence electrons. The van der Waals surface area contributed by atoms with Crippen molar-refractivity contribution in [1.29, 1.82) is 0 Å². The fraction of sp³-hybridized carbons (Fsp3) is 0.375. The standard InChI is InChI=1S/C40H34ClF10N7O4S2/c1-37(2,64(5)61)12-10-23-6-7-24(25-8-9-27(41)30-32(25)57(19-39(46,47)48)55-35(30)58(63-4)36(60)62-3)31(52-23)28(16-20-14-21(42)17-22(43)15-20)53-29(59)18-56-34-26(11-13-38(34,44)45)33(54-56)40(49,50)51/h6-9,14-15,17,28H,11,13,16,18-19H2,1-5H3,(H,53,59). The van der Waals surface area contributed by atoms with Crippen LogP contribution in [-0.4, -0.2) is 71.3 Å². The molecule has 0 saturated carbocycles. The Kier molecular flexibility index (Phi) is 13.5. The van der Waals surface area contributed by atoms with Gasteiger partial charge in [0, 0.05) is 52.5 Å². The molecule has 0 radical (unpaired) electrons. The highest BCUT2D eigenvalue weighted by Crippen LogP contribution is 2.47. The van der Waals surface area contributed by atoms with Crippen LogP contribution >= 0.6 is 23.5 Å². The number of hydrogen-bond donors (Lipinski definition) is 1. The van der Waals surface area contributed by atoms with Gasteiger partial charge in [-0.15, -0.1) is 0 Å². The zero-order chi connectivity index (χ0) is 47.3. The minimum absolute atomic E-state index is 0.0877. The van der Waals surface area contributed by atoms with Crippen LogP contribution in [0, 0.1) is 23.5 Å². The molecule has 5 aromatic rings. The Morgan fingerprint density at radius 2 is 1.69 bits per heavy atom. The van der Waals surface area contributed by atoms with E-state index < -0.39 is 113 Å². The second-order valence-corrected chi connectivity index (χ2v) is 17.9. The fourth-order valence-electron chi connectivity index (χ4n) is 7.00. The number of alkyl halides is 8. The highest BCUT2D eigenvalue weighted by Gasteiger charge is 2.50. The van der Waals surface area contributed by atoms with Gasteiger partial charge in [-0.25, -0.2) is 18.6 Å². The van der Waals surface area contributed by atoms with Gasteiger partial charge in [0.15, 0.2) is 11.5 Å². The molecule has 3 heterocycles. The third kappa shape index (κ3) is 10.1. The number of amides is 2. The first-order valence-electron chi connectivity index (χ1n) is 18.6. The second kappa shape index (κ2) is 17.9. The molecule has 24 heteroatoms. The minimum atomic E-state index is -5.17. The van der Waals surface area contributed by atoms with Crippen LogP contribution in [0.4, 0.5) is 54.5 Å². The molecule has 1 aliphatic rings. The van der Waals surface area contributed by atoms with Gasteiger partial charge < -0.3 is 10.1 Å². The monoisotopic (exact) mass is 965 g/mol. The Morgan fingerprint density at radius 3 is 2.28 bits per heavy atom. The maximum absolute atomic E-state index is 15.1. The van der Waals surface area contributed by atoms with Crippen LogP contribution in [0.5, 0.6) is 0 Å². The Hall–Kier alpha value is -5.34. The lowest BCUT2D eigenvalue weighted by Gasteiger charge is -2.23. The van der Waals surface area contributed by atoms with E-state index in [-0.39, 0.29) is 54.5 Å². The number of nitrogens with zero attached hydrogens (tertiary/aromatic N) is 6. The minimum Gasteiger partial charge on any atom is -0.452 e. The first-order chi connectivity index (χ1) is 29.7. The van der Waals surface area contributed by atoms with Gasteiger partial charge in [0.1, 0.15) is 40.9 Å². The van der Waals surface area contributed by atoms with E-state index in [9.17, 15) is 48.9 Å². The Balaban J connectivity index is 1.62. The zero-order valence-electron chi connectivity index (χ0n) is 33.9. The van der Waals surface area contributed by atoms with Crippen LogP contribution in [-0.2, 0) is 58.4 Å². The van der Waals surface area contributed by atoms with E-state index in [1.165, 1.54) is 36.8 Å². The van der Waals surface area contributed by atoms with E-state index in [0.717, 1.165) is 35.5 Å². The third-order valence-corrected chi connectivity index (χ3v) is 12.5. The van der Waals surface area contributed by atoms with Crippen molar-refractivity contribution in [2.24, 2.45) is 0 Å².